The average molecular weight is 420 g/mol. The van der Waals surface area contributed by atoms with Crippen LogP contribution in [0, 0.1) is 20.8 Å². The minimum atomic E-state index is -4.46. The minimum Gasteiger partial charge on any atom is -0.489 e. The van der Waals surface area contributed by atoms with Gasteiger partial charge < -0.3 is 4.74 Å². The molecular weight excluding hydrogens is 399 g/mol. The molecule has 0 saturated carbocycles. The summed E-state index contributed by atoms with van der Waals surface area (Å²) in [6.07, 6.45) is -3.30. The summed E-state index contributed by atoms with van der Waals surface area (Å²) in [5.41, 5.74) is 5.22. The zero-order chi connectivity index (χ0) is 21.2. The van der Waals surface area contributed by atoms with Gasteiger partial charge in [-0.25, -0.2) is 0 Å². The third kappa shape index (κ3) is 5.30. The van der Waals surface area contributed by atoms with Gasteiger partial charge in [0.25, 0.3) is 0 Å². The number of rotatable bonds is 5. The second-order valence-corrected chi connectivity index (χ2v) is 7.54. The van der Waals surface area contributed by atoms with Crippen LogP contribution in [0.1, 0.15) is 39.1 Å². The summed E-state index contributed by atoms with van der Waals surface area (Å²) in [7, 11) is 0. The van der Waals surface area contributed by atoms with Crippen molar-refractivity contribution in [1.29, 1.82) is 0 Å². The molecule has 0 unspecified atom stereocenters. The van der Waals surface area contributed by atoms with Crippen LogP contribution >= 0.6 is 11.6 Å². The molecule has 152 valence electrons. The summed E-state index contributed by atoms with van der Waals surface area (Å²) < 4.78 is 44.1. The van der Waals surface area contributed by atoms with E-state index in [1.54, 1.807) is 0 Å². The number of alkyl halides is 3. The molecule has 6 heteroatoms. The van der Waals surface area contributed by atoms with Crippen LogP contribution in [0.3, 0.4) is 0 Å². The van der Waals surface area contributed by atoms with E-state index in [0.717, 1.165) is 23.6 Å². The van der Waals surface area contributed by atoms with Crippen LogP contribution in [0.25, 0.3) is 0 Å². The predicted octanol–water partition coefficient (Wildman–Crippen LogP) is 6.85. The summed E-state index contributed by atoms with van der Waals surface area (Å²) >= 11 is 5.99. The Balaban J connectivity index is 1.67. The first-order chi connectivity index (χ1) is 13.6. The Hall–Kier alpha value is -2.53. The van der Waals surface area contributed by atoms with Crippen LogP contribution in [-0.2, 0) is 19.2 Å². The Labute approximate surface area is 173 Å². The number of hydrogen-bond acceptors (Lipinski definition) is 2. The van der Waals surface area contributed by atoms with E-state index in [1.807, 2.05) is 24.3 Å². The lowest BCUT2D eigenvalue weighted by Crippen LogP contribution is -2.07. The molecule has 0 spiro atoms. The Morgan fingerprint density at radius 2 is 1.59 bits per heavy atom. The monoisotopic (exact) mass is 419 g/mol. The van der Waals surface area contributed by atoms with E-state index in [2.05, 4.69) is 37.9 Å². The summed E-state index contributed by atoms with van der Waals surface area (Å²) in [6.45, 7) is 6.69. The quantitative estimate of drug-likeness (QED) is 0.451. The van der Waals surface area contributed by atoms with Crippen molar-refractivity contribution in [3.63, 3.8) is 0 Å². The number of halogens is 4. The second kappa shape index (κ2) is 8.46. The van der Waals surface area contributed by atoms with Gasteiger partial charge in [-0.3, -0.25) is 4.98 Å². The normalized spacial score (nSPS) is 11.6. The van der Waals surface area contributed by atoms with Crippen molar-refractivity contribution in [1.82, 2.24) is 4.98 Å². The first-order valence-corrected chi connectivity index (χ1v) is 9.51. The van der Waals surface area contributed by atoms with Crippen molar-refractivity contribution >= 4 is 11.6 Å². The number of aromatic nitrogens is 1. The van der Waals surface area contributed by atoms with Gasteiger partial charge in [0.05, 0.1) is 16.3 Å². The van der Waals surface area contributed by atoms with E-state index in [-0.39, 0.29) is 5.02 Å². The molecule has 0 amide bonds. The van der Waals surface area contributed by atoms with Gasteiger partial charge in [0.2, 0.25) is 0 Å². The highest BCUT2D eigenvalue weighted by Gasteiger charge is 2.31. The minimum absolute atomic E-state index is 0.00507. The number of nitrogens with zero attached hydrogens (tertiary/aromatic N) is 1. The van der Waals surface area contributed by atoms with Crippen LogP contribution in [0.5, 0.6) is 5.75 Å². The molecule has 0 aliphatic rings. The number of benzene rings is 2. The lowest BCUT2D eigenvalue weighted by atomic mass is 10.0. The Morgan fingerprint density at radius 1 is 0.966 bits per heavy atom. The van der Waals surface area contributed by atoms with E-state index in [0.29, 0.717) is 18.7 Å². The summed E-state index contributed by atoms with van der Waals surface area (Å²) in [4.78, 5) is 3.88. The van der Waals surface area contributed by atoms with Gasteiger partial charge in [-0.1, -0.05) is 41.4 Å². The fraction of sp³-hybridized carbons (Fsp3) is 0.261. The van der Waals surface area contributed by atoms with Gasteiger partial charge in [-0.2, -0.15) is 13.2 Å². The van der Waals surface area contributed by atoms with E-state index in [4.69, 9.17) is 16.3 Å². The second-order valence-electron chi connectivity index (χ2n) is 7.14. The SMILES string of the molecule is Cc1cc(C)c(COc2ccc(Cc3ncc(C(F)(F)F)cc3Cl)cc2)c(C)c1. The highest BCUT2D eigenvalue weighted by atomic mass is 35.5. The molecule has 0 atom stereocenters. The van der Waals surface area contributed by atoms with Crippen molar-refractivity contribution < 1.29 is 17.9 Å². The summed E-state index contributed by atoms with van der Waals surface area (Å²) in [6, 6.07) is 12.6. The zero-order valence-electron chi connectivity index (χ0n) is 16.4. The number of ether oxygens (including phenoxy) is 1. The molecule has 3 rings (SSSR count). The maximum atomic E-state index is 12.7. The van der Waals surface area contributed by atoms with Gasteiger partial charge in [-0.05, 0) is 61.2 Å². The third-order valence-corrected chi connectivity index (χ3v) is 5.09. The number of hydrogen-bond donors (Lipinski definition) is 0. The van der Waals surface area contributed by atoms with E-state index in [1.165, 1.54) is 22.3 Å². The van der Waals surface area contributed by atoms with Crippen LogP contribution in [-0.4, -0.2) is 4.98 Å². The van der Waals surface area contributed by atoms with E-state index in [9.17, 15) is 13.2 Å². The molecule has 0 bridgehead atoms. The topological polar surface area (TPSA) is 22.1 Å². The standard InChI is InChI=1S/C23H21ClF3NO/c1-14-8-15(2)20(16(3)9-14)13-29-19-6-4-17(5-7-19)10-22-21(24)11-18(12-28-22)23(25,26)27/h4-9,11-12H,10,13H2,1-3H3. The molecule has 3 aromatic rings. The maximum absolute atomic E-state index is 12.7. The van der Waals surface area contributed by atoms with E-state index < -0.39 is 11.7 Å². The summed E-state index contributed by atoms with van der Waals surface area (Å²) in [5.74, 6) is 0.722. The Kier molecular flexibility index (Phi) is 6.18. The fourth-order valence-electron chi connectivity index (χ4n) is 3.24. The van der Waals surface area contributed by atoms with Crippen LogP contribution in [0.15, 0.2) is 48.7 Å². The molecule has 0 aliphatic carbocycles. The molecular formula is C23H21ClF3NO. The molecule has 29 heavy (non-hydrogen) atoms. The van der Waals surface area contributed by atoms with Crippen molar-refractivity contribution in [3.05, 3.63) is 92.8 Å². The largest absolute Gasteiger partial charge is 0.489 e. The van der Waals surface area contributed by atoms with Crippen molar-refractivity contribution in [2.45, 2.75) is 40.0 Å². The molecule has 0 saturated heterocycles. The van der Waals surface area contributed by atoms with Crippen LogP contribution < -0.4 is 4.74 Å². The molecule has 0 N–H and O–H groups in total. The molecule has 2 aromatic carbocycles. The van der Waals surface area contributed by atoms with Gasteiger partial charge in [0.1, 0.15) is 12.4 Å². The third-order valence-electron chi connectivity index (χ3n) is 4.76. The number of aryl methyl sites for hydroxylation is 3. The van der Waals surface area contributed by atoms with Gasteiger partial charge in [0, 0.05) is 12.6 Å². The lowest BCUT2D eigenvalue weighted by molar-refractivity contribution is -0.137. The Bertz CT molecular complexity index is 991. The smallest absolute Gasteiger partial charge is 0.417 e. The molecule has 2 nitrogen and oxygen atoms in total. The highest BCUT2D eigenvalue weighted by Crippen LogP contribution is 2.31. The van der Waals surface area contributed by atoms with Crippen LogP contribution in [0.2, 0.25) is 5.02 Å². The van der Waals surface area contributed by atoms with Crippen molar-refractivity contribution in [2.24, 2.45) is 0 Å². The first kappa shape index (κ1) is 21.2. The molecule has 0 aliphatic heterocycles. The van der Waals surface area contributed by atoms with Gasteiger partial charge in [-0.15, -0.1) is 0 Å². The Morgan fingerprint density at radius 3 is 2.14 bits per heavy atom. The average Bonchev–Trinajstić information content (AvgIpc) is 2.63. The molecule has 1 aromatic heterocycles. The number of pyridine rings is 1. The first-order valence-electron chi connectivity index (χ1n) is 9.13. The van der Waals surface area contributed by atoms with Gasteiger partial charge in [0.15, 0.2) is 0 Å². The summed E-state index contributed by atoms with van der Waals surface area (Å²) in [5, 5.41) is 0.00507. The van der Waals surface area contributed by atoms with Crippen LogP contribution in [0.4, 0.5) is 13.2 Å². The molecule has 0 fully saturated rings. The highest BCUT2D eigenvalue weighted by molar-refractivity contribution is 6.31. The van der Waals surface area contributed by atoms with Crippen molar-refractivity contribution in [2.75, 3.05) is 0 Å². The maximum Gasteiger partial charge on any atom is 0.417 e. The fourth-order valence-corrected chi connectivity index (χ4v) is 3.47. The predicted molar refractivity (Wildman–Crippen MR) is 108 cm³/mol. The van der Waals surface area contributed by atoms with Crippen molar-refractivity contribution in [3.8, 4) is 5.75 Å². The lowest BCUT2D eigenvalue weighted by Gasteiger charge is -2.13. The molecule has 0 radical (unpaired) electrons. The zero-order valence-corrected chi connectivity index (χ0v) is 17.2. The van der Waals surface area contributed by atoms with Gasteiger partial charge >= 0.3 is 6.18 Å². The van der Waals surface area contributed by atoms with E-state index >= 15 is 0 Å². The molecule has 1 heterocycles.